The Hall–Kier alpha value is -0.760. The Labute approximate surface area is 154 Å². The van der Waals surface area contributed by atoms with E-state index in [2.05, 4.69) is 14.4 Å². The van der Waals surface area contributed by atoms with E-state index < -0.39 is 22.6 Å². The summed E-state index contributed by atoms with van der Waals surface area (Å²) >= 11 is 0. The second-order valence-corrected chi connectivity index (χ2v) is 7.57. The van der Waals surface area contributed by atoms with Gasteiger partial charge in [-0.05, 0) is 32.1 Å². The Morgan fingerprint density at radius 2 is 1.69 bits per heavy atom. The third kappa shape index (κ3) is 9.80. The molecule has 152 valence electrons. The molecule has 1 heterocycles. The average Bonchev–Trinajstić information content (AvgIpc) is 3.06. The topological polar surface area (TPSA) is 142 Å². The van der Waals surface area contributed by atoms with Crippen LogP contribution >= 0.6 is 16.5 Å². The molecule has 0 aromatic carbocycles. The van der Waals surface area contributed by atoms with Crippen LogP contribution in [0.2, 0.25) is 0 Å². The van der Waals surface area contributed by atoms with Gasteiger partial charge in [-0.2, -0.15) is 0 Å². The van der Waals surface area contributed by atoms with E-state index >= 15 is 0 Å². The van der Waals surface area contributed by atoms with Crippen molar-refractivity contribution >= 4 is 28.3 Å². The van der Waals surface area contributed by atoms with E-state index in [4.69, 9.17) is 9.79 Å². The van der Waals surface area contributed by atoms with Crippen molar-refractivity contribution in [2.45, 2.75) is 51.0 Å². The number of nitrogens with zero attached hydrogens (tertiary/aromatic N) is 1. The largest absolute Gasteiger partial charge is 0.354 e. The number of likely N-dealkylation sites (tertiary alicyclic amines) is 1. The van der Waals surface area contributed by atoms with Crippen LogP contribution in [0.15, 0.2) is 0 Å². The maximum Gasteiger partial charge on any atom is 0.316 e. The van der Waals surface area contributed by atoms with Crippen LogP contribution in [0.4, 0.5) is 0 Å². The van der Waals surface area contributed by atoms with Crippen molar-refractivity contribution in [2.24, 2.45) is 0 Å². The van der Waals surface area contributed by atoms with E-state index in [1.165, 1.54) is 0 Å². The highest BCUT2D eigenvalue weighted by atomic mass is 31.1. The van der Waals surface area contributed by atoms with Crippen LogP contribution in [0.5, 0.6) is 0 Å². The molecule has 3 atom stereocenters. The fourth-order valence-corrected chi connectivity index (χ4v) is 3.39. The van der Waals surface area contributed by atoms with Gasteiger partial charge in [-0.25, -0.2) is 0 Å². The van der Waals surface area contributed by atoms with Gasteiger partial charge in [-0.15, -0.1) is 0 Å². The first kappa shape index (κ1) is 23.3. The van der Waals surface area contributed by atoms with Gasteiger partial charge in [0.1, 0.15) is 6.04 Å². The van der Waals surface area contributed by atoms with Gasteiger partial charge >= 0.3 is 16.5 Å². The summed E-state index contributed by atoms with van der Waals surface area (Å²) in [5.74, 6) is -0.282. The summed E-state index contributed by atoms with van der Waals surface area (Å²) in [6, 6.07) is -0.469. The van der Waals surface area contributed by atoms with Crippen LogP contribution in [-0.4, -0.2) is 58.8 Å². The molecule has 0 bridgehead atoms. The van der Waals surface area contributed by atoms with Crippen LogP contribution in [0, 0.1) is 0 Å². The van der Waals surface area contributed by atoms with E-state index in [1.54, 1.807) is 4.90 Å². The van der Waals surface area contributed by atoms with Crippen LogP contribution in [0.25, 0.3) is 0 Å². The van der Waals surface area contributed by atoms with Gasteiger partial charge in [0, 0.05) is 19.5 Å². The molecule has 2 unspecified atom stereocenters. The van der Waals surface area contributed by atoms with Crippen molar-refractivity contribution in [2.75, 3.05) is 26.3 Å². The lowest BCUT2D eigenvalue weighted by atomic mass is 10.1. The van der Waals surface area contributed by atoms with Crippen molar-refractivity contribution in [3.05, 3.63) is 0 Å². The van der Waals surface area contributed by atoms with Crippen LogP contribution < -0.4 is 5.32 Å². The van der Waals surface area contributed by atoms with Gasteiger partial charge in [-0.1, -0.05) is 6.42 Å². The zero-order valence-corrected chi connectivity index (χ0v) is 16.6. The van der Waals surface area contributed by atoms with Crippen molar-refractivity contribution in [3.63, 3.8) is 0 Å². The summed E-state index contributed by atoms with van der Waals surface area (Å²) in [7, 11) is -5.83. The minimum Gasteiger partial charge on any atom is -0.354 e. The zero-order valence-electron chi connectivity index (χ0n) is 14.6. The van der Waals surface area contributed by atoms with Crippen LogP contribution in [0.3, 0.4) is 0 Å². The van der Waals surface area contributed by atoms with Gasteiger partial charge in [-0.3, -0.25) is 18.7 Å². The molecule has 12 heteroatoms. The molecule has 10 nitrogen and oxygen atoms in total. The monoisotopic (exact) mass is 414 g/mol. The molecule has 2 amide bonds. The fraction of sp³-hybridized carbons (Fsp3) is 0.857. The lowest BCUT2D eigenvalue weighted by Crippen LogP contribution is -2.46. The highest BCUT2D eigenvalue weighted by Gasteiger charge is 2.33. The molecule has 1 aliphatic rings. The van der Waals surface area contributed by atoms with Crippen molar-refractivity contribution in [3.8, 4) is 0 Å². The Balaban J connectivity index is 2.23. The number of unbranched alkanes of at least 4 members (excludes halogenated alkanes) is 2. The number of amides is 2. The van der Waals surface area contributed by atoms with Gasteiger partial charge in [0.05, 0.1) is 13.2 Å². The second-order valence-electron chi connectivity index (χ2n) is 5.93. The summed E-state index contributed by atoms with van der Waals surface area (Å²) < 4.78 is 29.9. The quantitative estimate of drug-likeness (QED) is 0.297. The first-order valence-electron chi connectivity index (χ1n) is 8.70. The first-order valence-corrected chi connectivity index (χ1v) is 11.2. The fourth-order valence-electron chi connectivity index (χ4n) is 2.76. The number of nitrogens with one attached hydrogen (secondary N) is 1. The molecule has 0 aromatic heterocycles. The van der Waals surface area contributed by atoms with Gasteiger partial charge in [0.2, 0.25) is 11.8 Å². The van der Waals surface area contributed by atoms with Gasteiger partial charge in [0.25, 0.3) is 0 Å². The summed E-state index contributed by atoms with van der Waals surface area (Å²) in [6.07, 6.45) is 4.10. The highest BCUT2D eigenvalue weighted by molar-refractivity contribution is 7.32. The van der Waals surface area contributed by atoms with E-state index in [-0.39, 0.29) is 25.0 Å². The molecule has 0 aromatic rings. The molecule has 1 aliphatic heterocycles. The Bertz CT molecular complexity index is 505. The molecular weight excluding hydrogens is 386 g/mol. The highest BCUT2D eigenvalue weighted by Crippen LogP contribution is 2.20. The summed E-state index contributed by atoms with van der Waals surface area (Å²) in [6.45, 7) is 1.17. The molecule has 0 aliphatic carbocycles. The maximum absolute atomic E-state index is 12.3. The van der Waals surface area contributed by atoms with E-state index in [0.717, 1.165) is 6.42 Å². The maximum atomic E-state index is 12.3. The third-order valence-corrected chi connectivity index (χ3v) is 4.88. The predicted octanol–water partition coefficient (Wildman–Crippen LogP) is 0.841. The van der Waals surface area contributed by atoms with E-state index in [1.807, 2.05) is 0 Å². The molecular formula is C14H28N2O8P2. The number of rotatable bonds is 13. The number of hydrogen-bond acceptors (Lipinski definition) is 6. The SMILES string of the molecule is O=C(NCCCO[PH](=O)O)[C@@H]1CCCN1C(=O)CCCCCO[PH](=O)O. The predicted molar refractivity (Wildman–Crippen MR) is 95.2 cm³/mol. The number of hydrogen-bond donors (Lipinski definition) is 3. The standard InChI is InChI=1S/C14H28N2O8P2/c17-13(7-2-1-3-10-23-25(19)20)16-9-4-6-12(16)14(18)15-8-5-11-24-26(21)22/h12,25-26H,1-11H2,(H,15,18)(H,19,20)(H,21,22)/t12-/m0/s1. The molecule has 0 spiro atoms. The summed E-state index contributed by atoms with van der Waals surface area (Å²) in [4.78, 5) is 43.2. The molecule has 3 N–H and O–H groups in total. The van der Waals surface area contributed by atoms with Crippen molar-refractivity contribution in [1.82, 2.24) is 10.2 Å². The third-order valence-electron chi connectivity index (χ3n) is 3.98. The lowest BCUT2D eigenvalue weighted by molar-refractivity contribution is -0.138. The molecule has 0 saturated carbocycles. The summed E-state index contributed by atoms with van der Waals surface area (Å²) in [5, 5.41) is 2.73. The van der Waals surface area contributed by atoms with E-state index in [9.17, 15) is 18.7 Å². The normalized spacial score (nSPS) is 19.3. The number of carbonyl (C=O) groups excluding carboxylic acids is 2. The Kier molecular flexibility index (Phi) is 12.0. The minimum atomic E-state index is -2.94. The smallest absolute Gasteiger partial charge is 0.316 e. The second kappa shape index (κ2) is 13.4. The zero-order chi connectivity index (χ0) is 19.4. The van der Waals surface area contributed by atoms with Gasteiger partial charge < -0.3 is 29.1 Å². The van der Waals surface area contributed by atoms with Crippen LogP contribution in [-0.2, 0) is 27.8 Å². The van der Waals surface area contributed by atoms with Crippen molar-refractivity contribution in [1.29, 1.82) is 0 Å². The molecule has 26 heavy (non-hydrogen) atoms. The molecule has 1 fully saturated rings. The average molecular weight is 414 g/mol. The molecule has 1 rings (SSSR count). The van der Waals surface area contributed by atoms with Gasteiger partial charge in [0.15, 0.2) is 0 Å². The molecule has 1 saturated heterocycles. The molecule has 0 radical (unpaired) electrons. The Morgan fingerprint density at radius 1 is 1.04 bits per heavy atom. The van der Waals surface area contributed by atoms with Crippen LogP contribution in [0.1, 0.15) is 44.9 Å². The Morgan fingerprint density at radius 3 is 2.35 bits per heavy atom. The first-order chi connectivity index (χ1) is 12.4. The van der Waals surface area contributed by atoms with Crippen molar-refractivity contribution < 1.29 is 37.6 Å². The lowest BCUT2D eigenvalue weighted by Gasteiger charge is -2.24. The number of carbonyl (C=O) groups is 2. The minimum absolute atomic E-state index is 0.0680. The summed E-state index contributed by atoms with van der Waals surface area (Å²) in [5.41, 5.74) is 0. The van der Waals surface area contributed by atoms with E-state index in [0.29, 0.717) is 51.6 Å².